The number of pyridine rings is 2. The van der Waals surface area contributed by atoms with Crippen molar-refractivity contribution in [2.75, 3.05) is 0 Å². The molecule has 0 saturated heterocycles. The Kier molecular flexibility index (Phi) is 3.16. The number of carboxylic acids is 1. The maximum absolute atomic E-state index is 10.8. The van der Waals surface area contributed by atoms with E-state index in [-0.39, 0.29) is 5.56 Å². The summed E-state index contributed by atoms with van der Waals surface area (Å²) in [6, 6.07) is 8.54. The topological polar surface area (TPSA) is 63.1 Å². The van der Waals surface area contributed by atoms with Crippen molar-refractivity contribution in [2.24, 2.45) is 0 Å². The first-order valence-electron chi connectivity index (χ1n) is 4.54. The summed E-state index contributed by atoms with van der Waals surface area (Å²) >= 11 is 1.33. The third kappa shape index (κ3) is 2.58. The fourth-order valence-corrected chi connectivity index (χ4v) is 1.89. The lowest BCUT2D eigenvalue weighted by atomic mass is 10.3. The molecule has 0 aliphatic carbocycles. The van der Waals surface area contributed by atoms with E-state index in [1.807, 2.05) is 18.2 Å². The first-order chi connectivity index (χ1) is 7.75. The SMILES string of the molecule is O=C(O)c1ccnc(Sc2ccccn2)c1. The summed E-state index contributed by atoms with van der Waals surface area (Å²) in [5.74, 6) is -0.953. The van der Waals surface area contributed by atoms with Gasteiger partial charge in [0, 0.05) is 12.4 Å². The fraction of sp³-hybridized carbons (Fsp3) is 0. The summed E-state index contributed by atoms with van der Waals surface area (Å²) in [5, 5.41) is 10.2. The second kappa shape index (κ2) is 4.76. The minimum atomic E-state index is -0.953. The molecule has 0 atom stereocenters. The Balaban J connectivity index is 2.22. The van der Waals surface area contributed by atoms with Gasteiger partial charge < -0.3 is 5.11 Å². The Labute approximate surface area is 96.4 Å². The van der Waals surface area contributed by atoms with E-state index in [4.69, 9.17) is 5.11 Å². The lowest BCUT2D eigenvalue weighted by Crippen LogP contribution is -1.96. The van der Waals surface area contributed by atoms with E-state index in [2.05, 4.69) is 9.97 Å². The minimum absolute atomic E-state index is 0.230. The summed E-state index contributed by atoms with van der Waals surface area (Å²) in [6.45, 7) is 0. The minimum Gasteiger partial charge on any atom is -0.478 e. The van der Waals surface area contributed by atoms with Gasteiger partial charge in [-0.3, -0.25) is 0 Å². The maximum atomic E-state index is 10.8. The van der Waals surface area contributed by atoms with E-state index in [9.17, 15) is 4.79 Å². The van der Waals surface area contributed by atoms with E-state index < -0.39 is 5.97 Å². The molecule has 0 unspecified atom stereocenters. The number of carboxylic acid groups (broad SMARTS) is 1. The van der Waals surface area contributed by atoms with Crippen molar-refractivity contribution >= 4 is 17.7 Å². The van der Waals surface area contributed by atoms with E-state index >= 15 is 0 Å². The normalized spacial score (nSPS) is 10.0. The van der Waals surface area contributed by atoms with Crippen LogP contribution in [0.4, 0.5) is 0 Å². The van der Waals surface area contributed by atoms with Gasteiger partial charge in [-0.2, -0.15) is 0 Å². The predicted octanol–water partition coefficient (Wildman–Crippen LogP) is 2.33. The molecule has 2 aromatic rings. The van der Waals surface area contributed by atoms with Gasteiger partial charge in [-0.25, -0.2) is 14.8 Å². The summed E-state index contributed by atoms with van der Waals surface area (Å²) < 4.78 is 0. The number of aromatic nitrogens is 2. The summed E-state index contributed by atoms with van der Waals surface area (Å²) in [6.07, 6.45) is 3.16. The molecule has 0 bridgehead atoms. The van der Waals surface area contributed by atoms with Gasteiger partial charge in [0.05, 0.1) is 5.56 Å². The highest BCUT2D eigenvalue weighted by atomic mass is 32.2. The second-order valence-corrected chi connectivity index (χ2v) is 4.00. The highest BCUT2D eigenvalue weighted by Crippen LogP contribution is 2.23. The van der Waals surface area contributed by atoms with E-state index in [1.165, 1.54) is 30.1 Å². The van der Waals surface area contributed by atoms with Gasteiger partial charge >= 0.3 is 5.97 Å². The van der Waals surface area contributed by atoms with Crippen LogP contribution in [-0.4, -0.2) is 21.0 Å². The second-order valence-electron chi connectivity index (χ2n) is 2.96. The Morgan fingerprint density at radius 2 is 1.94 bits per heavy atom. The largest absolute Gasteiger partial charge is 0.478 e. The van der Waals surface area contributed by atoms with Gasteiger partial charge in [-0.05, 0) is 24.3 Å². The third-order valence-corrected chi connectivity index (χ3v) is 2.71. The molecule has 0 amide bonds. The first kappa shape index (κ1) is 10.6. The fourth-order valence-electron chi connectivity index (χ4n) is 1.11. The van der Waals surface area contributed by atoms with Crippen molar-refractivity contribution in [3.8, 4) is 0 Å². The molecule has 80 valence electrons. The molecule has 4 nitrogen and oxygen atoms in total. The van der Waals surface area contributed by atoms with Crippen LogP contribution < -0.4 is 0 Å². The Morgan fingerprint density at radius 1 is 1.12 bits per heavy atom. The molecule has 0 aliphatic heterocycles. The average Bonchev–Trinajstić information content (AvgIpc) is 2.30. The Morgan fingerprint density at radius 3 is 2.62 bits per heavy atom. The zero-order valence-corrected chi connectivity index (χ0v) is 9.02. The van der Waals surface area contributed by atoms with Crippen molar-refractivity contribution in [1.82, 2.24) is 9.97 Å². The van der Waals surface area contributed by atoms with Crippen LogP contribution in [0.2, 0.25) is 0 Å². The van der Waals surface area contributed by atoms with E-state index in [1.54, 1.807) is 6.20 Å². The van der Waals surface area contributed by atoms with Crippen LogP contribution in [0, 0.1) is 0 Å². The third-order valence-electron chi connectivity index (χ3n) is 1.83. The van der Waals surface area contributed by atoms with Crippen LogP contribution in [0.1, 0.15) is 10.4 Å². The van der Waals surface area contributed by atoms with Crippen LogP contribution in [-0.2, 0) is 0 Å². The van der Waals surface area contributed by atoms with Crippen molar-refractivity contribution in [1.29, 1.82) is 0 Å². The molecular formula is C11H8N2O2S. The smallest absolute Gasteiger partial charge is 0.335 e. The number of hydrogen-bond donors (Lipinski definition) is 1. The summed E-state index contributed by atoms with van der Waals surface area (Å²) in [7, 11) is 0. The zero-order valence-electron chi connectivity index (χ0n) is 8.20. The first-order valence-corrected chi connectivity index (χ1v) is 5.35. The van der Waals surface area contributed by atoms with Crippen LogP contribution >= 0.6 is 11.8 Å². The zero-order chi connectivity index (χ0) is 11.4. The molecule has 0 fully saturated rings. The van der Waals surface area contributed by atoms with Crippen molar-refractivity contribution in [3.05, 3.63) is 48.3 Å². The van der Waals surface area contributed by atoms with Crippen LogP contribution in [0.15, 0.2) is 52.8 Å². The van der Waals surface area contributed by atoms with Crippen molar-refractivity contribution < 1.29 is 9.90 Å². The number of rotatable bonds is 3. The highest BCUT2D eigenvalue weighted by Gasteiger charge is 2.05. The van der Waals surface area contributed by atoms with E-state index in [0.29, 0.717) is 5.03 Å². The molecular weight excluding hydrogens is 224 g/mol. The maximum Gasteiger partial charge on any atom is 0.335 e. The Bertz CT molecular complexity index is 502. The molecule has 0 aliphatic rings. The van der Waals surface area contributed by atoms with Gasteiger partial charge in [0.15, 0.2) is 0 Å². The lowest BCUT2D eigenvalue weighted by molar-refractivity contribution is 0.0696. The Hall–Kier alpha value is -1.88. The quantitative estimate of drug-likeness (QED) is 0.879. The molecule has 2 aromatic heterocycles. The molecule has 0 aromatic carbocycles. The number of hydrogen-bond acceptors (Lipinski definition) is 4. The highest BCUT2D eigenvalue weighted by molar-refractivity contribution is 7.99. The van der Waals surface area contributed by atoms with Gasteiger partial charge in [-0.15, -0.1) is 0 Å². The van der Waals surface area contributed by atoms with Crippen LogP contribution in [0.3, 0.4) is 0 Å². The van der Waals surface area contributed by atoms with E-state index in [0.717, 1.165) is 5.03 Å². The molecule has 0 radical (unpaired) electrons. The van der Waals surface area contributed by atoms with Crippen molar-refractivity contribution in [2.45, 2.75) is 10.1 Å². The average molecular weight is 232 g/mol. The monoisotopic (exact) mass is 232 g/mol. The molecule has 0 saturated carbocycles. The van der Waals surface area contributed by atoms with Gasteiger partial charge in [-0.1, -0.05) is 17.8 Å². The van der Waals surface area contributed by atoms with Gasteiger partial charge in [0.1, 0.15) is 10.1 Å². The number of carbonyl (C=O) groups is 1. The lowest BCUT2D eigenvalue weighted by Gasteiger charge is -2.00. The standard InChI is InChI=1S/C11H8N2O2S/c14-11(15)8-4-6-13-10(7-8)16-9-3-1-2-5-12-9/h1-7H,(H,14,15). The molecule has 2 rings (SSSR count). The predicted molar refractivity (Wildman–Crippen MR) is 59.6 cm³/mol. The van der Waals surface area contributed by atoms with Gasteiger partial charge in [0.2, 0.25) is 0 Å². The molecule has 1 N–H and O–H groups in total. The molecule has 16 heavy (non-hydrogen) atoms. The molecule has 2 heterocycles. The van der Waals surface area contributed by atoms with Crippen LogP contribution in [0.5, 0.6) is 0 Å². The molecule has 0 spiro atoms. The van der Waals surface area contributed by atoms with Crippen molar-refractivity contribution in [3.63, 3.8) is 0 Å². The summed E-state index contributed by atoms with van der Waals surface area (Å²) in [4.78, 5) is 19.0. The molecule has 5 heteroatoms. The van der Waals surface area contributed by atoms with Crippen LogP contribution in [0.25, 0.3) is 0 Å². The summed E-state index contributed by atoms with van der Waals surface area (Å²) in [5.41, 5.74) is 0.230. The number of aromatic carboxylic acids is 1. The van der Waals surface area contributed by atoms with Gasteiger partial charge in [0.25, 0.3) is 0 Å². The number of nitrogens with zero attached hydrogens (tertiary/aromatic N) is 2.